The summed E-state index contributed by atoms with van der Waals surface area (Å²) in [5.74, 6) is 0.354. The van der Waals surface area contributed by atoms with Crippen molar-refractivity contribution in [1.29, 1.82) is 0 Å². The van der Waals surface area contributed by atoms with Gasteiger partial charge in [-0.1, -0.05) is 18.9 Å². The second-order valence-electron chi connectivity index (χ2n) is 8.24. The van der Waals surface area contributed by atoms with Crippen LogP contribution in [0.4, 0.5) is 24.7 Å². The van der Waals surface area contributed by atoms with Crippen molar-refractivity contribution in [2.24, 2.45) is 5.92 Å². The van der Waals surface area contributed by atoms with Crippen molar-refractivity contribution in [2.75, 3.05) is 30.5 Å². The summed E-state index contributed by atoms with van der Waals surface area (Å²) < 4.78 is 38.2. The Labute approximate surface area is 181 Å². The van der Waals surface area contributed by atoms with Crippen LogP contribution >= 0.6 is 0 Å². The zero-order valence-electron chi connectivity index (χ0n) is 17.7. The smallest absolute Gasteiger partial charge is 0.235 e. The lowest BCUT2D eigenvalue weighted by atomic mass is 9.64. The number of hydrogen-bond acceptors (Lipinski definition) is 3. The van der Waals surface area contributed by atoms with Gasteiger partial charge in [0.15, 0.2) is 0 Å². The minimum absolute atomic E-state index is 0.108. The number of alkyl halides is 2. The van der Waals surface area contributed by atoms with Crippen molar-refractivity contribution in [3.63, 3.8) is 0 Å². The van der Waals surface area contributed by atoms with E-state index in [-0.39, 0.29) is 31.0 Å². The van der Waals surface area contributed by atoms with E-state index in [1.54, 1.807) is 18.3 Å². The Morgan fingerprint density at radius 2 is 1.81 bits per heavy atom. The number of anilines is 2. The van der Waals surface area contributed by atoms with Gasteiger partial charge in [0.25, 0.3) is 0 Å². The molecule has 2 N–H and O–H groups in total. The van der Waals surface area contributed by atoms with E-state index in [4.69, 9.17) is 0 Å². The van der Waals surface area contributed by atoms with Crippen LogP contribution < -0.4 is 10.6 Å². The molecule has 31 heavy (non-hydrogen) atoms. The highest BCUT2D eigenvalue weighted by atomic mass is 19.1. The minimum Gasteiger partial charge on any atom is -0.370 e. The standard InChI is InChI=1S/C24H30F3N3O/c25-14-2-1-4-18(11-15-26)16-28-22-10-5-19(17-29-22)24(12-3-13-24)23(31)30-21-8-6-20(27)7-9-21/h5-10,17-18H,1-4,11-16H2,(H,28,29)(H,30,31). The molecule has 1 saturated carbocycles. The summed E-state index contributed by atoms with van der Waals surface area (Å²) in [5, 5.41) is 6.13. The lowest BCUT2D eigenvalue weighted by molar-refractivity contribution is -0.124. The molecule has 0 bridgehead atoms. The normalized spacial score (nSPS) is 15.7. The van der Waals surface area contributed by atoms with E-state index in [1.807, 2.05) is 12.1 Å². The molecule has 1 heterocycles. The second-order valence-corrected chi connectivity index (χ2v) is 8.24. The number of hydrogen-bond donors (Lipinski definition) is 2. The first-order valence-corrected chi connectivity index (χ1v) is 11.0. The van der Waals surface area contributed by atoms with Crippen LogP contribution in [0.1, 0.15) is 50.5 Å². The fraction of sp³-hybridized carbons (Fsp3) is 0.500. The number of pyridine rings is 1. The van der Waals surface area contributed by atoms with E-state index in [0.29, 0.717) is 30.9 Å². The fourth-order valence-corrected chi connectivity index (χ4v) is 4.02. The Kier molecular flexibility index (Phi) is 8.32. The van der Waals surface area contributed by atoms with Gasteiger partial charge in [0.2, 0.25) is 5.91 Å². The summed E-state index contributed by atoms with van der Waals surface area (Å²) in [5.41, 5.74) is 0.797. The van der Waals surface area contributed by atoms with Gasteiger partial charge in [-0.15, -0.1) is 0 Å². The number of carbonyl (C=O) groups is 1. The zero-order chi connectivity index (χ0) is 22.1. The van der Waals surface area contributed by atoms with Crippen LogP contribution in [0.15, 0.2) is 42.6 Å². The van der Waals surface area contributed by atoms with E-state index in [9.17, 15) is 18.0 Å². The third kappa shape index (κ3) is 5.99. The summed E-state index contributed by atoms with van der Waals surface area (Å²) in [6.45, 7) is -0.145. The first-order valence-electron chi connectivity index (χ1n) is 11.0. The number of unbranched alkanes of at least 4 members (excludes halogenated alkanes) is 1. The number of benzene rings is 1. The summed E-state index contributed by atoms with van der Waals surface area (Å²) in [7, 11) is 0. The summed E-state index contributed by atoms with van der Waals surface area (Å²) >= 11 is 0. The third-order valence-corrected chi connectivity index (χ3v) is 6.15. The maximum Gasteiger partial charge on any atom is 0.235 e. The topological polar surface area (TPSA) is 54.0 Å². The largest absolute Gasteiger partial charge is 0.370 e. The van der Waals surface area contributed by atoms with Crippen molar-refractivity contribution in [3.05, 3.63) is 54.0 Å². The highest BCUT2D eigenvalue weighted by Gasteiger charge is 2.45. The van der Waals surface area contributed by atoms with E-state index in [1.165, 1.54) is 12.1 Å². The van der Waals surface area contributed by atoms with Gasteiger partial charge in [0.05, 0.1) is 18.8 Å². The van der Waals surface area contributed by atoms with Gasteiger partial charge in [-0.3, -0.25) is 13.6 Å². The number of halogens is 3. The highest BCUT2D eigenvalue weighted by molar-refractivity contribution is 5.99. The summed E-state index contributed by atoms with van der Waals surface area (Å²) in [4.78, 5) is 17.5. The molecule has 168 valence electrons. The molecular formula is C24H30F3N3O. The molecule has 2 aromatic rings. The van der Waals surface area contributed by atoms with Gasteiger partial charge in [0, 0.05) is 18.4 Å². The van der Waals surface area contributed by atoms with Crippen LogP contribution in [0.25, 0.3) is 0 Å². The average molecular weight is 434 g/mol. The first-order chi connectivity index (χ1) is 15.1. The Morgan fingerprint density at radius 1 is 1.03 bits per heavy atom. The number of nitrogens with one attached hydrogen (secondary N) is 2. The molecule has 1 aliphatic rings. The van der Waals surface area contributed by atoms with Crippen LogP contribution in [0, 0.1) is 11.7 Å². The van der Waals surface area contributed by atoms with Crippen LogP contribution in [-0.4, -0.2) is 30.8 Å². The molecule has 4 nitrogen and oxygen atoms in total. The molecule has 1 atom stereocenters. The molecule has 1 aromatic heterocycles. The van der Waals surface area contributed by atoms with E-state index >= 15 is 0 Å². The summed E-state index contributed by atoms with van der Waals surface area (Å²) in [6, 6.07) is 9.48. The SMILES string of the molecule is O=C(Nc1ccc(F)cc1)C1(c2ccc(NCC(CCF)CCCCF)nc2)CCC1. The quantitative estimate of drug-likeness (QED) is 0.416. The zero-order valence-corrected chi connectivity index (χ0v) is 17.7. The molecule has 1 fully saturated rings. The molecular weight excluding hydrogens is 403 g/mol. The van der Waals surface area contributed by atoms with Crippen LogP contribution in [0.5, 0.6) is 0 Å². The van der Waals surface area contributed by atoms with E-state index in [2.05, 4.69) is 15.6 Å². The first kappa shape index (κ1) is 23.1. The predicted octanol–water partition coefficient (Wildman–Crippen LogP) is 5.81. The molecule has 7 heteroatoms. The molecule has 1 amide bonds. The van der Waals surface area contributed by atoms with Gasteiger partial charge in [-0.25, -0.2) is 9.37 Å². The van der Waals surface area contributed by atoms with E-state index < -0.39 is 5.41 Å². The Morgan fingerprint density at radius 3 is 2.39 bits per heavy atom. The van der Waals surface area contributed by atoms with Crippen molar-refractivity contribution in [3.8, 4) is 0 Å². The second kappa shape index (κ2) is 11.2. The monoisotopic (exact) mass is 433 g/mol. The number of rotatable bonds is 12. The molecule has 0 spiro atoms. The predicted molar refractivity (Wildman–Crippen MR) is 117 cm³/mol. The Balaban J connectivity index is 1.60. The van der Waals surface area contributed by atoms with E-state index in [0.717, 1.165) is 37.7 Å². The number of amides is 1. The number of aromatic nitrogens is 1. The van der Waals surface area contributed by atoms with Crippen molar-refractivity contribution < 1.29 is 18.0 Å². The molecule has 1 aromatic carbocycles. The van der Waals surface area contributed by atoms with Gasteiger partial charge in [0.1, 0.15) is 11.6 Å². The molecule has 0 aliphatic heterocycles. The van der Waals surface area contributed by atoms with Gasteiger partial charge in [-0.05, 0) is 73.9 Å². The molecule has 0 saturated heterocycles. The van der Waals surface area contributed by atoms with Crippen LogP contribution in [0.3, 0.4) is 0 Å². The minimum atomic E-state index is -0.622. The van der Waals surface area contributed by atoms with Crippen molar-refractivity contribution in [1.82, 2.24) is 4.98 Å². The molecule has 1 unspecified atom stereocenters. The van der Waals surface area contributed by atoms with Crippen LogP contribution in [0.2, 0.25) is 0 Å². The Hall–Kier alpha value is -2.57. The fourth-order valence-electron chi connectivity index (χ4n) is 4.02. The number of carbonyl (C=O) groups excluding carboxylic acids is 1. The molecule has 1 aliphatic carbocycles. The summed E-state index contributed by atoms with van der Waals surface area (Å²) in [6.07, 6.45) is 6.65. The lowest BCUT2D eigenvalue weighted by Gasteiger charge is -2.40. The number of nitrogens with zero attached hydrogens (tertiary/aromatic N) is 1. The van der Waals surface area contributed by atoms with Gasteiger partial charge in [-0.2, -0.15) is 0 Å². The maximum absolute atomic E-state index is 13.1. The van der Waals surface area contributed by atoms with Gasteiger partial charge < -0.3 is 10.6 Å². The third-order valence-electron chi connectivity index (χ3n) is 6.15. The highest BCUT2D eigenvalue weighted by Crippen LogP contribution is 2.44. The van der Waals surface area contributed by atoms with Crippen molar-refractivity contribution in [2.45, 2.75) is 50.4 Å². The van der Waals surface area contributed by atoms with Gasteiger partial charge >= 0.3 is 0 Å². The van der Waals surface area contributed by atoms with Crippen molar-refractivity contribution >= 4 is 17.4 Å². The van der Waals surface area contributed by atoms with Crippen LogP contribution in [-0.2, 0) is 10.2 Å². The maximum atomic E-state index is 13.1. The lowest BCUT2D eigenvalue weighted by Crippen LogP contribution is -2.46. The molecule has 0 radical (unpaired) electrons. The average Bonchev–Trinajstić information content (AvgIpc) is 2.74. The Bertz CT molecular complexity index is 823. The molecule has 3 rings (SSSR count).